The second-order valence-corrected chi connectivity index (χ2v) is 9.82. The zero-order valence-corrected chi connectivity index (χ0v) is 24.3. The standard InChI is InChI=1S/C23H22FN3O4.C7H15N.CH5N/c1-14-10-15-17(27-14)6-7-20(22(15)24)31-23-16-11-21(30-9-5-3-2-4-8-28)19(29)12-18(16)25-13-26-23;1-2-5-8-6-3-4-7-8;1-2/h6-8,10-13,27,29H,2-5,9H2,1H3;2-7H2,1H3;2H2,1H3. The first kappa shape index (κ1) is 31.8. The number of fused-ring (bicyclic) bond motifs is 2. The van der Waals surface area contributed by atoms with E-state index in [-0.39, 0.29) is 23.1 Å². The molecule has 0 atom stereocenters. The Bertz CT molecular complexity index is 1390. The molecule has 4 N–H and O–H groups in total. The Hall–Kier alpha value is -3.76. The van der Waals surface area contributed by atoms with Crippen molar-refractivity contribution < 1.29 is 23.8 Å². The third kappa shape index (κ3) is 8.86. The molecule has 0 bridgehead atoms. The summed E-state index contributed by atoms with van der Waals surface area (Å²) < 4.78 is 26.4. The number of aromatic hydroxyl groups is 1. The van der Waals surface area contributed by atoms with E-state index < -0.39 is 5.82 Å². The maximum Gasteiger partial charge on any atom is 0.230 e. The third-order valence-corrected chi connectivity index (χ3v) is 6.69. The number of halogens is 1. The van der Waals surface area contributed by atoms with Gasteiger partial charge in [-0.3, -0.25) is 0 Å². The highest BCUT2D eigenvalue weighted by atomic mass is 19.1. The summed E-state index contributed by atoms with van der Waals surface area (Å²) in [5.74, 6) is -0.0806. The summed E-state index contributed by atoms with van der Waals surface area (Å²) in [4.78, 5) is 24.3. The number of carbonyl (C=O) groups is 1. The number of H-pyrrole nitrogens is 1. The van der Waals surface area contributed by atoms with Gasteiger partial charge in [0.1, 0.15) is 12.6 Å². The number of aromatic amines is 1. The Morgan fingerprint density at radius 3 is 2.59 bits per heavy atom. The molecular weight excluding hydrogens is 525 g/mol. The van der Waals surface area contributed by atoms with Crippen molar-refractivity contribution >= 4 is 28.1 Å². The number of hydrogen-bond acceptors (Lipinski definition) is 8. The number of aryl methyl sites for hydroxylation is 1. The van der Waals surface area contributed by atoms with Crippen molar-refractivity contribution in [3.05, 3.63) is 48.2 Å². The molecule has 1 aliphatic heterocycles. The van der Waals surface area contributed by atoms with E-state index in [4.69, 9.17) is 9.47 Å². The first-order valence-electron chi connectivity index (χ1n) is 14.3. The van der Waals surface area contributed by atoms with E-state index in [0.29, 0.717) is 34.8 Å². The van der Waals surface area contributed by atoms with E-state index in [2.05, 4.69) is 32.5 Å². The van der Waals surface area contributed by atoms with E-state index in [1.165, 1.54) is 58.3 Å². The molecule has 9 nitrogen and oxygen atoms in total. The number of hydrogen-bond donors (Lipinski definition) is 3. The second-order valence-electron chi connectivity index (χ2n) is 9.82. The summed E-state index contributed by atoms with van der Waals surface area (Å²) >= 11 is 0. The molecule has 5 rings (SSSR count). The van der Waals surface area contributed by atoms with E-state index in [1.54, 1.807) is 24.3 Å². The Morgan fingerprint density at radius 2 is 1.85 bits per heavy atom. The summed E-state index contributed by atoms with van der Waals surface area (Å²) in [6, 6.07) is 8.05. The number of rotatable bonds is 11. The molecule has 1 fully saturated rings. The van der Waals surface area contributed by atoms with Crippen LogP contribution in [0.5, 0.6) is 23.1 Å². The van der Waals surface area contributed by atoms with Crippen molar-refractivity contribution in [1.82, 2.24) is 19.9 Å². The molecule has 0 aliphatic carbocycles. The molecule has 2 aromatic carbocycles. The molecule has 4 aromatic rings. The van der Waals surface area contributed by atoms with Gasteiger partial charge in [0.2, 0.25) is 5.88 Å². The minimum Gasteiger partial charge on any atom is -0.504 e. The highest BCUT2D eigenvalue weighted by Crippen LogP contribution is 2.37. The van der Waals surface area contributed by atoms with Crippen LogP contribution in [-0.2, 0) is 4.79 Å². The second kappa shape index (κ2) is 16.5. The number of likely N-dealkylation sites (tertiary alicyclic amines) is 1. The van der Waals surface area contributed by atoms with Crippen LogP contribution in [0.3, 0.4) is 0 Å². The van der Waals surface area contributed by atoms with Gasteiger partial charge in [-0.25, -0.2) is 14.4 Å². The highest BCUT2D eigenvalue weighted by Gasteiger charge is 2.16. The smallest absolute Gasteiger partial charge is 0.230 e. The Labute approximate surface area is 240 Å². The quantitative estimate of drug-likeness (QED) is 0.143. The summed E-state index contributed by atoms with van der Waals surface area (Å²) in [6.07, 6.45) is 9.31. The number of aromatic nitrogens is 3. The predicted octanol–water partition coefficient (Wildman–Crippen LogP) is 6.26. The number of nitrogens with two attached hydrogens (primary N) is 1. The van der Waals surface area contributed by atoms with Crippen molar-refractivity contribution in [3.63, 3.8) is 0 Å². The van der Waals surface area contributed by atoms with Crippen LogP contribution in [0, 0.1) is 12.7 Å². The van der Waals surface area contributed by atoms with E-state index >= 15 is 0 Å². The Kier molecular flexibility index (Phi) is 12.8. The minimum atomic E-state index is -0.487. The van der Waals surface area contributed by atoms with Crippen LogP contribution in [0.15, 0.2) is 36.7 Å². The van der Waals surface area contributed by atoms with Gasteiger partial charge in [0, 0.05) is 29.1 Å². The van der Waals surface area contributed by atoms with Crippen molar-refractivity contribution in [2.45, 2.75) is 58.8 Å². The summed E-state index contributed by atoms with van der Waals surface area (Å²) in [7, 11) is 1.50. The summed E-state index contributed by atoms with van der Waals surface area (Å²) in [5, 5.41) is 11.2. The Balaban J connectivity index is 0.000000394. The number of ether oxygens (including phenoxy) is 2. The van der Waals surface area contributed by atoms with Crippen LogP contribution in [0.25, 0.3) is 21.8 Å². The fourth-order valence-electron chi connectivity index (χ4n) is 4.73. The van der Waals surface area contributed by atoms with Gasteiger partial charge >= 0.3 is 0 Å². The number of phenolic OH excluding ortho intramolecular Hbond substituents is 1. The molecule has 3 heterocycles. The molecule has 222 valence electrons. The number of carbonyl (C=O) groups excluding carboxylic acids is 1. The largest absolute Gasteiger partial charge is 0.504 e. The van der Waals surface area contributed by atoms with Crippen LogP contribution in [0.4, 0.5) is 4.39 Å². The first-order chi connectivity index (χ1) is 20.0. The van der Waals surface area contributed by atoms with Crippen LogP contribution in [0.1, 0.15) is 57.6 Å². The molecular formula is C31H42FN5O4. The Morgan fingerprint density at radius 1 is 1.07 bits per heavy atom. The van der Waals surface area contributed by atoms with Crippen molar-refractivity contribution in [3.8, 4) is 23.1 Å². The lowest BCUT2D eigenvalue weighted by atomic mass is 10.2. The lowest BCUT2D eigenvalue weighted by Gasteiger charge is -2.12. The van der Waals surface area contributed by atoms with Gasteiger partial charge in [-0.2, -0.15) is 0 Å². The molecule has 0 saturated carbocycles. The van der Waals surface area contributed by atoms with Gasteiger partial charge < -0.3 is 35.0 Å². The molecule has 0 spiro atoms. The van der Waals surface area contributed by atoms with Gasteiger partial charge in [0.15, 0.2) is 23.1 Å². The maximum atomic E-state index is 14.9. The summed E-state index contributed by atoms with van der Waals surface area (Å²) in [6.45, 7) is 8.52. The zero-order chi connectivity index (χ0) is 29.6. The normalized spacial score (nSPS) is 12.9. The SMILES string of the molecule is CCCN1CCCC1.CN.Cc1cc2c(F)c(Oc3ncnc4cc(O)c(OCCCCCC=O)cc34)ccc2[nH]1. The van der Waals surface area contributed by atoms with Gasteiger partial charge in [0.05, 0.1) is 17.5 Å². The highest BCUT2D eigenvalue weighted by molar-refractivity contribution is 5.87. The number of nitrogens with zero attached hydrogens (tertiary/aromatic N) is 3. The van der Waals surface area contributed by atoms with Gasteiger partial charge in [-0.05, 0) is 96.4 Å². The van der Waals surface area contributed by atoms with Crippen LogP contribution in [-0.4, -0.2) is 64.5 Å². The molecule has 1 saturated heterocycles. The number of benzene rings is 2. The van der Waals surface area contributed by atoms with Crippen molar-refractivity contribution in [2.24, 2.45) is 5.73 Å². The lowest BCUT2D eigenvalue weighted by Crippen LogP contribution is -2.19. The third-order valence-electron chi connectivity index (χ3n) is 6.69. The minimum absolute atomic E-state index is 0.0391. The molecule has 10 heteroatoms. The number of phenols is 1. The van der Waals surface area contributed by atoms with Crippen molar-refractivity contribution in [1.29, 1.82) is 0 Å². The zero-order valence-electron chi connectivity index (χ0n) is 24.3. The predicted molar refractivity (Wildman–Crippen MR) is 160 cm³/mol. The first-order valence-corrected chi connectivity index (χ1v) is 14.3. The molecule has 0 radical (unpaired) electrons. The van der Waals surface area contributed by atoms with E-state index in [9.17, 15) is 14.3 Å². The molecule has 0 unspecified atom stereocenters. The van der Waals surface area contributed by atoms with E-state index in [1.807, 2.05) is 6.92 Å². The van der Waals surface area contributed by atoms with Crippen LogP contribution < -0.4 is 15.2 Å². The molecule has 1 aliphatic rings. The molecule has 41 heavy (non-hydrogen) atoms. The number of unbranched alkanes of at least 4 members (excludes halogenated alkanes) is 3. The van der Waals surface area contributed by atoms with Gasteiger partial charge in [0.25, 0.3) is 0 Å². The van der Waals surface area contributed by atoms with Gasteiger partial charge in [-0.15, -0.1) is 0 Å². The van der Waals surface area contributed by atoms with Crippen LogP contribution in [0.2, 0.25) is 0 Å². The number of nitrogens with one attached hydrogen (secondary N) is 1. The number of aldehydes is 1. The van der Waals surface area contributed by atoms with E-state index in [0.717, 1.165) is 31.2 Å². The lowest BCUT2D eigenvalue weighted by molar-refractivity contribution is -0.107. The average molecular weight is 568 g/mol. The van der Waals surface area contributed by atoms with Crippen molar-refractivity contribution in [2.75, 3.05) is 33.3 Å². The molecule has 0 amide bonds. The average Bonchev–Trinajstić information content (AvgIpc) is 3.64. The molecule has 2 aromatic heterocycles. The van der Waals surface area contributed by atoms with Crippen LogP contribution >= 0.6 is 0 Å². The topological polar surface area (TPSA) is 127 Å². The summed E-state index contributed by atoms with van der Waals surface area (Å²) in [5.41, 5.74) is 6.48. The fourth-order valence-corrected chi connectivity index (χ4v) is 4.73. The van der Waals surface area contributed by atoms with Gasteiger partial charge in [-0.1, -0.05) is 6.92 Å². The maximum absolute atomic E-state index is 14.9. The monoisotopic (exact) mass is 567 g/mol. The fraction of sp³-hybridized carbons (Fsp3) is 0.452.